The van der Waals surface area contributed by atoms with E-state index in [9.17, 15) is 14.3 Å². The third kappa shape index (κ3) is 4.49. The van der Waals surface area contributed by atoms with Gasteiger partial charge in [-0.15, -0.1) is 0 Å². The molecule has 0 aliphatic carbocycles. The number of aromatic nitrogens is 1. The highest BCUT2D eigenvalue weighted by Gasteiger charge is 2.22. The molecule has 0 aliphatic rings. The number of aromatic carboxylic acids is 1. The lowest BCUT2D eigenvalue weighted by molar-refractivity contribution is 0.0694. The van der Waals surface area contributed by atoms with E-state index in [-0.39, 0.29) is 11.4 Å². The van der Waals surface area contributed by atoms with Gasteiger partial charge in [0.2, 0.25) is 0 Å². The Morgan fingerprint density at radius 1 is 1.10 bits per heavy atom. The number of carboxylic acids is 1. The van der Waals surface area contributed by atoms with Gasteiger partial charge >= 0.3 is 5.97 Å². The maximum atomic E-state index is 14.1. The monoisotopic (exact) mass is 396 g/mol. The fourth-order valence-electron chi connectivity index (χ4n) is 3.60. The molecule has 29 heavy (non-hydrogen) atoms. The first-order valence-corrected chi connectivity index (χ1v) is 9.41. The van der Waals surface area contributed by atoms with Crippen molar-refractivity contribution >= 4 is 5.97 Å². The summed E-state index contributed by atoms with van der Waals surface area (Å²) in [6.07, 6.45) is 0. The van der Waals surface area contributed by atoms with E-state index in [0.717, 1.165) is 17.0 Å². The number of benzene rings is 2. The number of ether oxygens (including phenoxy) is 1. The lowest BCUT2D eigenvalue weighted by Crippen LogP contribution is -2.15. The van der Waals surface area contributed by atoms with Crippen LogP contribution in [-0.4, -0.2) is 22.8 Å². The molecule has 0 spiro atoms. The molecule has 0 saturated carbocycles. The van der Waals surface area contributed by atoms with E-state index in [2.05, 4.69) is 5.32 Å². The van der Waals surface area contributed by atoms with Crippen LogP contribution in [0.25, 0.3) is 0 Å². The van der Waals surface area contributed by atoms with Gasteiger partial charge in [-0.3, -0.25) is 0 Å². The molecule has 6 heteroatoms. The molecule has 3 aromatic rings. The summed E-state index contributed by atoms with van der Waals surface area (Å²) in [5.41, 5.74) is 4.01. The van der Waals surface area contributed by atoms with E-state index in [1.54, 1.807) is 32.2 Å². The number of carboxylic acid groups (broad SMARTS) is 1. The number of halogens is 1. The normalized spacial score (nSPS) is 10.9. The summed E-state index contributed by atoms with van der Waals surface area (Å²) in [6.45, 7) is 4.91. The van der Waals surface area contributed by atoms with Crippen LogP contribution in [0.3, 0.4) is 0 Å². The van der Waals surface area contributed by atoms with Gasteiger partial charge in [-0.1, -0.05) is 30.3 Å². The Hall–Kier alpha value is -3.12. The van der Waals surface area contributed by atoms with Crippen LogP contribution in [0.1, 0.15) is 38.4 Å². The minimum atomic E-state index is -0.976. The molecule has 152 valence electrons. The molecule has 0 radical (unpaired) electrons. The van der Waals surface area contributed by atoms with Crippen molar-refractivity contribution in [3.05, 3.63) is 88.0 Å². The van der Waals surface area contributed by atoms with E-state index in [4.69, 9.17) is 4.74 Å². The first-order chi connectivity index (χ1) is 13.9. The first kappa shape index (κ1) is 20.6. The largest absolute Gasteiger partial charge is 0.497 e. The van der Waals surface area contributed by atoms with Gasteiger partial charge in [0.1, 0.15) is 11.6 Å². The van der Waals surface area contributed by atoms with Crippen molar-refractivity contribution in [2.45, 2.75) is 33.5 Å². The van der Waals surface area contributed by atoms with Crippen LogP contribution in [0, 0.1) is 19.7 Å². The number of nitrogens with one attached hydrogen (secondary N) is 1. The third-order valence-corrected chi connectivity index (χ3v) is 5.18. The Morgan fingerprint density at radius 2 is 1.86 bits per heavy atom. The summed E-state index contributed by atoms with van der Waals surface area (Å²) < 4.78 is 21.2. The standard InChI is InChI=1S/C23H25FN2O3/c1-15-20(13-25-12-17-7-6-9-19(11-17)29-3)22(23(27)28)16(2)26(15)14-18-8-4-5-10-21(18)24/h4-11,25H,12-14H2,1-3H3,(H,27,28). The molecular weight excluding hydrogens is 371 g/mol. The maximum absolute atomic E-state index is 14.1. The lowest BCUT2D eigenvalue weighted by Gasteiger charge is -2.11. The molecule has 0 saturated heterocycles. The highest BCUT2D eigenvalue weighted by molar-refractivity contribution is 5.91. The van der Waals surface area contributed by atoms with Crippen LogP contribution in [0.5, 0.6) is 5.75 Å². The Balaban J connectivity index is 1.84. The van der Waals surface area contributed by atoms with Crippen LogP contribution >= 0.6 is 0 Å². The first-order valence-electron chi connectivity index (χ1n) is 9.41. The molecule has 0 aliphatic heterocycles. The van der Waals surface area contributed by atoms with Crippen LogP contribution in [0.15, 0.2) is 48.5 Å². The molecule has 1 aromatic heterocycles. The molecule has 0 atom stereocenters. The van der Waals surface area contributed by atoms with Crippen LogP contribution < -0.4 is 10.1 Å². The topological polar surface area (TPSA) is 63.5 Å². The Bertz CT molecular complexity index is 1030. The zero-order chi connectivity index (χ0) is 21.0. The van der Waals surface area contributed by atoms with Crippen molar-refractivity contribution in [2.24, 2.45) is 0 Å². The highest BCUT2D eigenvalue weighted by Crippen LogP contribution is 2.25. The Labute approximate surface area is 169 Å². The molecule has 0 unspecified atom stereocenters. The van der Waals surface area contributed by atoms with Gasteiger partial charge < -0.3 is 19.7 Å². The summed E-state index contributed by atoms with van der Waals surface area (Å²) in [7, 11) is 1.62. The third-order valence-electron chi connectivity index (χ3n) is 5.18. The number of carbonyl (C=O) groups is 1. The van der Waals surface area contributed by atoms with E-state index in [0.29, 0.717) is 36.5 Å². The number of methoxy groups -OCH3 is 1. The quantitative estimate of drug-likeness (QED) is 0.596. The van der Waals surface area contributed by atoms with Gasteiger partial charge in [0.25, 0.3) is 0 Å². The predicted octanol–water partition coefficient (Wildman–Crippen LogP) is 4.29. The second kappa shape index (κ2) is 8.92. The van der Waals surface area contributed by atoms with Crippen molar-refractivity contribution in [1.29, 1.82) is 0 Å². The molecule has 1 heterocycles. The maximum Gasteiger partial charge on any atom is 0.337 e. The van der Waals surface area contributed by atoms with Crippen molar-refractivity contribution in [2.75, 3.05) is 7.11 Å². The molecule has 5 nitrogen and oxygen atoms in total. The minimum Gasteiger partial charge on any atom is -0.497 e. The van der Waals surface area contributed by atoms with Crippen LogP contribution in [0.4, 0.5) is 4.39 Å². The van der Waals surface area contributed by atoms with E-state index in [1.807, 2.05) is 35.8 Å². The number of rotatable bonds is 8. The highest BCUT2D eigenvalue weighted by atomic mass is 19.1. The van der Waals surface area contributed by atoms with Gasteiger partial charge in [-0.25, -0.2) is 9.18 Å². The smallest absolute Gasteiger partial charge is 0.337 e. The molecule has 0 bridgehead atoms. The summed E-state index contributed by atoms with van der Waals surface area (Å²) in [4.78, 5) is 11.9. The molecule has 2 N–H and O–H groups in total. The van der Waals surface area contributed by atoms with E-state index < -0.39 is 5.97 Å². The predicted molar refractivity (Wildman–Crippen MR) is 110 cm³/mol. The number of hydrogen-bond donors (Lipinski definition) is 2. The molecule has 2 aromatic carbocycles. The zero-order valence-electron chi connectivity index (χ0n) is 16.8. The minimum absolute atomic E-state index is 0.275. The second-order valence-corrected chi connectivity index (χ2v) is 6.96. The summed E-state index contributed by atoms with van der Waals surface area (Å²) >= 11 is 0. The average molecular weight is 396 g/mol. The fourth-order valence-corrected chi connectivity index (χ4v) is 3.60. The molecular formula is C23H25FN2O3. The van der Waals surface area contributed by atoms with Gasteiger partial charge in [-0.05, 0) is 37.6 Å². The van der Waals surface area contributed by atoms with E-state index >= 15 is 0 Å². The number of hydrogen-bond acceptors (Lipinski definition) is 3. The Morgan fingerprint density at radius 3 is 2.55 bits per heavy atom. The summed E-state index contributed by atoms with van der Waals surface area (Å²) in [5.74, 6) is -0.496. The molecule has 0 fully saturated rings. The van der Waals surface area contributed by atoms with Crippen molar-refractivity contribution < 1.29 is 19.0 Å². The van der Waals surface area contributed by atoms with Gasteiger partial charge in [0, 0.05) is 35.6 Å². The van der Waals surface area contributed by atoms with Gasteiger partial charge in [0.05, 0.1) is 19.2 Å². The van der Waals surface area contributed by atoms with Crippen molar-refractivity contribution in [3.8, 4) is 5.75 Å². The number of nitrogens with zero attached hydrogens (tertiary/aromatic N) is 1. The van der Waals surface area contributed by atoms with Gasteiger partial charge in [-0.2, -0.15) is 0 Å². The van der Waals surface area contributed by atoms with Crippen LogP contribution in [-0.2, 0) is 19.6 Å². The van der Waals surface area contributed by atoms with Gasteiger partial charge in [0.15, 0.2) is 0 Å². The fraction of sp³-hybridized carbons (Fsp3) is 0.261. The second-order valence-electron chi connectivity index (χ2n) is 6.96. The lowest BCUT2D eigenvalue weighted by atomic mass is 10.1. The van der Waals surface area contributed by atoms with Crippen molar-refractivity contribution in [1.82, 2.24) is 9.88 Å². The molecule has 3 rings (SSSR count). The summed E-state index contributed by atoms with van der Waals surface area (Å²) in [5, 5.41) is 13.1. The van der Waals surface area contributed by atoms with Crippen LogP contribution in [0.2, 0.25) is 0 Å². The SMILES string of the molecule is COc1cccc(CNCc2c(C(=O)O)c(C)n(Cc3ccccc3F)c2C)c1. The van der Waals surface area contributed by atoms with Crippen molar-refractivity contribution in [3.63, 3.8) is 0 Å². The Kier molecular flexibility index (Phi) is 6.34. The summed E-state index contributed by atoms with van der Waals surface area (Å²) in [6, 6.07) is 14.3. The zero-order valence-corrected chi connectivity index (χ0v) is 16.8. The molecule has 0 amide bonds. The van der Waals surface area contributed by atoms with E-state index in [1.165, 1.54) is 6.07 Å². The average Bonchev–Trinajstić information content (AvgIpc) is 2.94.